The van der Waals surface area contributed by atoms with Crippen LogP contribution in [0.15, 0.2) is 170 Å². The average Bonchev–Trinajstić information content (AvgIpc) is 0.902. The highest BCUT2D eigenvalue weighted by atomic mass is 31.2. The molecule has 0 aliphatic heterocycles. The molecule has 0 spiro atoms. The van der Waals surface area contributed by atoms with Gasteiger partial charge in [0.1, 0.15) is 25.4 Å². The highest BCUT2D eigenvalue weighted by Crippen LogP contribution is 2.45. The van der Waals surface area contributed by atoms with Crippen molar-refractivity contribution in [1.29, 1.82) is 0 Å². The Morgan fingerprint density at radius 3 is 0.725 bits per heavy atom. The molecular formula is C91H152O16P2. The fourth-order valence-corrected chi connectivity index (χ4v) is 12.7. The highest BCUT2D eigenvalue weighted by molar-refractivity contribution is 7.47. The number of rotatable bonds is 79. The molecule has 0 heterocycles. The fraction of sp³-hybridized carbons (Fsp3) is 0.659. The Labute approximate surface area is 662 Å². The molecule has 0 aliphatic rings. The van der Waals surface area contributed by atoms with Crippen LogP contribution in [0.2, 0.25) is 0 Å². The van der Waals surface area contributed by atoms with Crippen LogP contribution in [0.3, 0.4) is 0 Å². The van der Waals surface area contributed by atoms with Crippen molar-refractivity contribution < 1.29 is 75.8 Å². The summed E-state index contributed by atoms with van der Waals surface area (Å²) in [7, 11) is -9.81. The molecule has 16 nitrogen and oxygen atoms in total. The van der Waals surface area contributed by atoms with Gasteiger partial charge in [-0.3, -0.25) is 32.5 Å². The lowest BCUT2D eigenvalue weighted by Crippen LogP contribution is -2.30. The predicted octanol–water partition coefficient (Wildman–Crippen LogP) is 25.5. The summed E-state index contributed by atoms with van der Waals surface area (Å²) in [5, 5.41) is 20.7. The number of aliphatic hydroxyl groups excluding tert-OH is 2. The van der Waals surface area contributed by atoms with E-state index in [0.717, 1.165) is 186 Å². The maximum Gasteiger partial charge on any atom is 0.472 e. The Kier molecular flexibility index (Phi) is 78.5. The normalized spacial score (nSPS) is 14.7. The zero-order valence-corrected chi connectivity index (χ0v) is 70.0. The van der Waals surface area contributed by atoms with Crippen LogP contribution in [0.5, 0.6) is 0 Å². The first-order valence-electron chi connectivity index (χ1n) is 42.4. The van der Waals surface area contributed by atoms with Crippen LogP contribution in [0.1, 0.15) is 329 Å². The monoisotopic (exact) mass is 1560 g/mol. The SMILES string of the molecule is CC/C=C\C/C=C\C/C=C\C/C=C\C/C=C\CCCCCCCCCCCCCCCC(=O)OCC(O)COP(=O)(O)OCC(O)COP(=O)(O)OCC(COC(=O)CCCCCCCCCCC/C=C\C/C=C\C/C=C\C/C=C\C/C=C\CC)OC(=O)CCCCCCCC/C=C\C/C=C\C/C=C\C/C=C\CC. The third-order valence-corrected chi connectivity index (χ3v) is 19.3. The number of unbranched alkanes of at least 4 members (excludes halogenated alkanes) is 28. The third kappa shape index (κ3) is 83.7. The Morgan fingerprint density at radius 2 is 0.459 bits per heavy atom. The molecule has 0 aromatic rings. The molecule has 5 atom stereocenters. The summed E-state index contributed by atoms with van der Waals surface area (Å²) < 4.78 is 61.3. The van der Waals surface area contributed by atoms with Crippen LogP contribution in [-0.2, 0) is 55.8 Å². The molecule has 0 aromatic carbocycles. The standard InChI is InChI=1S/C91H152O16P2/c1-4-7-10-13-16-19-22-25-28-31-34-36-38-40-41-42-43-45-47-48-51-53-56-59-62-65-68-71-74-77-89(94)101-80-86(92)81-103-108(97,98)104-82-87(93)83-105-109(99,100)106-85-88(107-91(96)79-76-73-70-67-64-61-58-55-50-33-30-27-24-21-18-15-12-9-6-3)84-102-90(95)78-75-72-69-66-63-60-57-54-52-49-46-44-39-37-35-32-29-26-23-20-17-14-11-8-5-2/h7-12,16-21,25-30,34-37,40-41,44,46,50,55,86-88,92-93H,4-6,13-15,22-24,31-33,38-39,42-43,45,47-49,51-54,56-85H2,1-3H3,(H,97,98)(H,99,100)/b10-7-,11-8-,12-9-,19-16-,20-17-,21-18-,28-25-,29-26-,30-27-,36-34-,37-35-,41-40-,46-44-,55-50-. The third-order valence-electron chi connectivity index (χ3n) is 17.4. The van der Waals surface area contributed by atoms with Gasteiger partial charge in [0.05, 0.1) is 26.4 Å². The minimum atomic E-state index is -4.95. The molecule has 4 N–H and O–H groups in total. The van der Waals surface area contributed by atoms with E-state index in [9.17, 15) is 43.5 Å². The van der Waals surface area contributed by atoms with Gasteiger partial charge in [-0.05, 0) is 148 Å². The lowest BCUT2D eigenvalue weighted by molar-refractivity contribution is -0.161. The number of ether oxygens (including phenoxy) is 3. The quantitative estimate of drug-likeness (QED) is 0.0146. The van der Waals surface area contributed by atoms with E-state index in [0.29, 0.717) is 19.3 Å². The van der Waals surface area contributed by atoms with Gasteiger partial charge in [0.2, 0.25) is 0 Å². The summed E-state index contributed by atoms with van der Waals surface area (Å²) >= 11 is 0. The van der Waals surface area contributed by atoms with Gasteiger partial charge in [-0.15, -0.1) is 0 Å². The first-order valence-corrected chi connectivity index (χ1v) is 45.4. The van der Waals surface area contributed by atoms with E-state index in [1.807, 2.05) is 0 Å². The predicted molar refractivity (Wildman–Crippen MR) is 454 cm³/mol. The van der Waals surface area contributed by atoms with Crippen molar-refractivity contribution >= 4 is 33.6 Å². The van der Waals surface area contributed by atoms with Gasteiger partial charge in [0.15, 0.2) is 6.10 Å². The zero-order chi connectivity index (χ0) is 79.4. The second-order valence-corrected chi connectivity index (χ2v) is 30.7. The lowest BCUT2D eigenvalue weighted by Gasteiger charge is -2.21. The van der Waals surface area contributed by atoms with Crippen molar-refractivity contribution in [2.45, 2.75) is 347 Å². The maximum absolute atomic E-state index is 13.0. The van der Waals surface area contributed by atoms with Crippen molar-refractivity contribution in [3.63, 3.8) is 0 Å². The number of phosphoric acid groups is 2. The highest BCUT2D eigenvalue weighted by Gasteiger charge is 2.29. The average molecular weight is 1560 g/mol. The number of allylic oxidation sites excluding steroid dienone is 28. The van der Waals surface area contributed by atoms with E-state index in [-0.39, 0.29) is 19.3 Å². The lowest BCUT2D eigenvalue weighted by atomic mass is 10.0. The maximum atomic E-state index is 13.0. The molecule has 5 unspecified atom stereocenters. The minimum absolute atomic E-state index is 0.0819. The molecule has 0 aromatic heterocycles. The van der Waals surface area contributed by atoms with Gasteiger partial charge in [0, 0.05) is 19.3 Å². The number of hydrogen-bond donors (Lipinski definition) is 4. The van der Waals surface area contributed by atoms with E-state index >= 15 is 0 Å². The van der Waals surface area contributed by atoms with Crippen molar-refractivity contribution in [3.05, 3.63) is 170 Å². The van der Waals surface area contributed by atoms with Gasteiger partial charge < -0.3 is 34.2 Å². The molecular weight excluding hydrogens is 1410 g/mol. The number of carbonyl (C=O) groups excluding carboxylic acids is 3. The van der Waals surface area contributed by atoms with Gasteiger partial charge in [-0.1, -0.05) is 332 Å². The van der Waals surface area contributed by atoms with E-state index in [1.54, 1.807) is 0 Å². The Morgan fingerprint density at radius 1 is 0.257 bits per heavy atom. The molecule has 622 valence electrons. The second kappa shape index (κ2) is 82.4. The zero-order valence-electron chi connectivity index (χ0n) is 68.2. The summed E-state index contributed by atoms with van der Waals surface area (Å²) in [4.78, 5) is 58.9. The summed E-state index contributed by atoms with van der Waals surface area (Å²) in [6.45, 7) is 2.33. The summed E-state index contributed by atoms with van der Waals surface area (Å²) in [5.41, 5.74) is 0. The molecule has 18 heteroatoms. The Bertz CT molecular complexity index is 2660. The van der Waals surface area contributed by atoms with E-state index < -0.39 is 91.5 Å². The van der Waals surface area contributed by atoms with Crippen molar-refractivity contribution in [3.8, 4) is 0 Å². The summed E-state index contributed by atoms with van der Waals surface area (Å²) in [5.74, 6) is -1.60. The Balaban J connectivity index is 4.61. The fourth-order valence-electron chi connectivity index (χ4n) is 11.1. The number of aliphatic hydroxyl groups is 2. The smallest absolute Gasteiger partial charge is 0.463 e. The van der Waals surface area contributed by atoms with Gasteiger partial charge in [-0.2, -0.15) is 0 Å². The second-order valence-electron chi connectivity index (χ2n) is 27.8. The Hall–Kier alpha value is -5.09. The molecule has 109 heavy (non-hydrogen) atoms. The molecule has 0 bridgehead atoms. The number of esters is 3. The molecule has 0 fully saturated rings. The van der Waals surface area contributed by atoms with Crippen molar-refractivity contribution in [1.82, 2.24) is 0 Å². The van der Waals surface area contributed by atoms with Gasteiger partial charge in [-0.25, -0.2) is 9.13 Å². The van der Waals surface area contributed by atoms with E-state index in [2.05, 4.69) is 191 Å². The minimum Gasteiger partial charge on any atom is -0.463 e. The molecule has 0 saturated carbocycles. The van der Waals surface area contributed by atoms with E-state index in [4.69, 9.17) is 32.3 Å². The van der Waals surface area contributed by atoms with Crippen molar-refractivity contribution in [2.24, 2.45) is 0 Å². The molecule has 0 amide bonds. The van der Waals surface area contributed by atoms with Crippen LogP contribution < -0.4 is 0 Å². The summed E-state index contributed by atoms with van der Waals surface area (Å²) in [6.07, 6.45) is 105. The van der Waals surface area contributed by atoms with Crippen LogP contribution in [0.4, 0.5) is 0 Å². The molecule has 0 radical (unpaired) electrons. The van der Waals surface area contributed by atoms with Crippen LogP contribution >= 0.6 is 15.6 Å². The van der Waals surface area contributed by atoms with Crippen LogP contribution in [0.25, 0.3) is 0 Å². The number of carbonyl (C=O) groups is 3. The largest absolute Gasteiger partial charge is 0.472 e. The van der Waals surface area contributed by atoms with Crippen LogP contribution in [0, 0.1) is 0 Å². The first kappa shape index (κ1) is 104. The molecule has 0 rings (SSSR count). The summed E-state index contributed by atoms with van der Waals surface area (Å²) in [6, 6.07) is 0. The number of hydrogen-bond acceptors (Lipinski definition) is 14. The van der Waals surface area contributed by atoms with E-state index in [1.165, 1.54) is 83.5 Å². The van der Waals surface area contributed by atoms with Crippen molar-refractivity contribution in [2.75, 3.05) is 39.6 Å². The van der Waals surface area contributed by atoms with Gasteiger partial charge >= 0.3 is 33.6 Å². The van der Waals surface area contributed by atoms with Crippen LogP contribution in [-0.4, -0.2) is 95.9 Å². The number of phosphoric ester groups is 2. The molecule has 0 aliphatic carbocycles. The molecule has 0 saturated heterocycles. The first-order chi connectivity index (χ1) is 53.2. The van der Waals surface area contributed by atoms with Gasteiger partial charge in [0.25, 0.3) is 0 Å². The topological polar surface area (TPSA) is 231 Å².